The van der Waals surface area contributed by atoms with Gasteiger partial charge in [0, 0.05) is 25.6 Å². The van der Waals surface area contributed by atoms with Gasteiger partial charge in [-0.15, -0.1) is 0 Å². The third-order valence-corrected chi connectivity index (χ3v) is 3.30. The Labute approximate surface area is 102 Å². The highest BCUT2D eigenvalue weighted by atomic mass is 16.4. The van der Waals surface area contributed by atoms with E-state index in [1.165, 1.54) is 0 Å². The molecule has 0 aromatic carbocycles. The van der Waals surface area contributed by atoms with Crippen LogP contribution in [0.5, 0.6) is 0 Å². The number of nitrogens with zero attached hydrogens (tertiary/aromatic N) is 1. The molecule has 1 atom stereocenters. The Kier molecular flexibility index (Phi) is 3.84. The molecule has 1 aromatic rings. The van der Waals surface area contributed by atoms with Crippen LogP contribution in [0, 0.1) is 0 Å². The Bertz CT molecular complexity index is 387. The molecule has 4 heteroatoms. The van der Waals surface area contributed by atoms with Gasteiger partial charge in [-0.1, -0.05) is 6.92 Å². The van der Waals surface area contributed by atoms with Gasteiger partial charge in [0.25, 0.3) is 5.91 Å². The predicted octanol–water partition coefficient (Wildman–Crippen LogP) is 1.67. The Balaban J connectivity index is 2.08. The van der Waals surface area contributed by atoms with Crippen LogP contribution in [-0.4, -0.2) is 37.0 Å². The lowest BCUT2D eigenvalue weighted by Crippen LogP contribution is -2.40. The highest BCUT2D eigenvalue weighted by Crippen LogP contribution is 2.20. The lowest BCUT2D eigenvalue weighted by molar-refractivity contribution is 0.0703. The molecule has 94 valence electrons. The summed E-state index contributed by atoms with van der Waals surface area (Å²) in [5.41, 5.74) is 0. The number of hydrogen-bond donors (Lipinski definition) is 1. The highest BCUT2D eigenvalue weighted by Gasteiger charge is 2.30. The van der Waals surface area contributed by atoms with E-state index >= 15 is 0 Å². The summed E-state index contributed by atoms with van der Waals surface area (Å²) in [6, 6.07) is 3.98. The zero-order valence-corrected chi connectivity index (χ0v) is 10.5. The van der Waals surface area contributed by atoms with E-state index in [1.807, 2.05) is 24.9 Å². The Hall–Kier alpha value is -1.29. The number of rotatable bonds is 4. The SMILES string of the molecule is CCc1ccc(C(=O)N2CCCC2CNC)o1. The van der Waals surface area contributed by atoms with Crippen LogP contribution >= 0.6 is 0 Å². The summed E-state index contributed by atoms with van der Waals surface area (Å²) < 4.78 is 5.52. The van der Waals surface area contributed by atoms with Gasteiger partial charge in [0.1, 0.15) is 5.76 Å². The van der Waals surface area contributed by atoms with Crippen molar-refractivity contribution in [2.24, 2.45) is 0 Å². The quantitative estimate of drug-likeness (QED) is 0.865. The van der Waals surface area contributed by atoms with Crippen molar-refractivity contribution in [2.75, 3.05) is 20.1 Å². The van der Waals surface area contributed by atoms with Crippen LogP contribution in [0.1, 0.15) is 36.1 Å². The van der Waals surface area contributed by atoms with E-state index in [0.717, 1.165) is 38.1 Å². The molecule has 1 amide bonds. The van der Waals surface area contributed by atoms with Crippen molar-refractivity contribution in [1.82, 2.24) is 10.2 Å². The first kappa shape index (κ1) is 12.2. The number of carbonyl (C=O) groups excluding carboxylic acids is 1. The molecule has 1 fully saturated rings. The van der Waals surface area contributed by atoms with Crippen molar-refractivity contribution in [1.29, 1.82) is 0 Å². The van der Waals surface area contributed by atoms with Gasteiger partial charge in [0.15, 0.2) is 5.76 Å². The Morgan fingerprint density at radius 2 is 2.41 bits per heavy atom. The molecule has 1 unspecified atom stereocenters. The third kappa shape index (κ3) is 2.52. The van der Waals surface area contributed by atoms with Gasteiger partial charge >= 0.3 is 0 Å². The smallest absolute Gasteiger partial charge is 0.289 e. The number of nitrogens with one attached hydrogen (secondary N) is 1. The maximum absolute atomic E-state index is 12.3. The van der Waals surface area contributed by atoms with E-state index in [2.05, 4.69) is 5.32 Å². The summed E-state index contributed by atoms with van der Waals surface area (Å²) in [5, 5.41) is 3.14. The summed E-state index contributed by atoms with van der Waals surface area (Å²) in [6.07, 6.45) is 2.99. The molecule has 1 N–H and O–H groups in total. The summed E-state index contributed by atoms with van der Waals surface area (Å²) in [7, 11) is 1.92. The predicted molar refractivity (Wildman–Crippen MR) is 66.1 cm³/mol. The van der Waals surface area contributed by atoms with Crippen LogP contribution in [0.25, 0.3) is 0 Å². The van der Waals surface area contributed by atoms with E-state index in [1.54, 1.807) is 6.07 Å². The van der Waals surface area contributed by atoms with E-state index < -0.39 is 0 Å². The van der Waals surface area contributed by atoms with Gasteiger partial charge in [-0.3, -0.25) is 4.79 Å². The minimum Gasteiger partial charge on any atom is -0.456 e. The van der Waals surface area contributed by atoms with Crippen molar-refractivity contribution >= 4 is 5.91 Å². The summed E-state index contributed by atoms with van der Waals surface area (Å²) in [4.78, 5) is 14.2. The van der Waals surface area contributed by atoms with Crippen molar-refractivity contribution in [3.05, 3.63) is 23.7 Å². The fourth-order valence-corrected chi connectivity index (χ4v) is 2.38. The number of hydrogen-bond acceptors (Lipinski definition) is 3. The minimum absolute atomic E-state index is 0.0300. The molecule has 17 heavy (non-hydrogen) atoms. The molecule has 1 saturated heterocycles. The second-order valence-electron chi connectivity index (χ2n) is 4.47. The maximum atomic E-state index is 12.3. The number of carbonyl (C=O) groups is 1. The van der Waals surface area contributed by atoms with E-state index in [4.69, 9.17) is 4.42 Å². The average molecular weight is 236 g/mol. The topological polar surface area (TPSA) is 45.5 Å². The van der Waals surface area contributed by atoms with Gasteiger partial charge < -0.3 is 14.6 Å². The van der Waals surface area contributed by atoms with Crippen molar-refractivity contribution < 1.29 is 9.21 Å². The number of likely N-dealkylation sites (N-methyl/N-ethyl adjacent to an activating group) is 1. The van der Waals surface area contributed by atoms with Crippen molar-refractivity contribution in [3.8, 4) is 0 Å². The number of amides is 1. The molecule has 0 spiro atoms. The minimum atomic E-state index is 0.0300. The van der Waals surface area contributed by atoms with Crippen LogP contribution in [0.3, 0.4) is 0 Å². The fourth-order valence-electron chi connectivity index (χ4n) is 2.38. The second kappa shape index (κ2) is 5.36. The molecule has 0 bridgehead atoms. The third-order valence-electron chi connectivity index (χ3n) is 3.30. The van der Waals surface area contributed by atoms with Gasteiger partial charge in [-0.2, -0.15) is 0 Å². The Morgan fingerprint density at radius 3 is 3.06 bits per heavy atom. The monoisotopic (exact) mass is 236 g/mol. The second-order valence-corrected chi connectivity index (χ2v) is 4.47. The molecule has 0 aliphatic carbocycles. The molecule has 2 rings (SSSR count). The lowest BCUT2D eigenvalue weighted by Gasteiger charge is -2.23. The molecule has 1 aliphatic heterocycles. The molecule has 2 heterocycles. The number of furan rings is 1. The summed E-state index contributed by atoms with van der Waals surface area (Å²) in [6.45, 7) is 3.72. The molecular weight excluding hydrogens is 216 g/mol. The zero-order valence-electron chi connectivity index (χ0n) is 10.5. The highest BCUT2D eigenvalue weighted by molar-refractivity contribution is 5.92. The number of aryl methyl sites for hydroxylation is 1. The number of likely N-dealkylation sites (tertiary alicyclic amines) is 1. The van der Waals surface area contributed by atoms with Crippen LogP contribution in [0.15, 0.2) is 16.5 Å². The summed E-state index contributed by atoms with van der Waals surface area (Å²) in [5.74, 6) is 1.38. The van der Waals surface area contributed by atoms with Gasteiger partial charge in [0.2, 0.25) is 0 Å². The summed E-state index contributed by atoms with van der Waals surface area (Å²) >= 11 is 0. The fraction of sp³-hybridized carbons (Fsp3) is 0.615. The first-order chi connectivity index (χ1) is 8.26. The van der Waals surface area contributed by atoms with Gasteiger partial charge in [0.05, 0.1) is 0 Å². The standard InChI is InChI=1S/C13H20N2O2/c1-3-11-6-7-12(17-11)13(16)15-8-4-5-10(15)9-14-2/h6-7,10,14H,3-5,8-9H2,1-2H3. The van der Waals surface area contributed by atoms with E-state index in [0.29, 0.717) is 11.8 Å². The molecular formula is C13H20N2O2. The largest absolute Gasteiger partial charge is 0.456 e. The van der Waals surface area contributed by atoms with Crippen LogP contribution in [0.2, 0.25) is 0 Å². The van der Waals surface area contributed by atoms with Crippen LogP contribution in [-0.2, 0) is 6.42 Å². The van der Waals surface area contributed by atoms with Crippen molar-refractivity contribution in [3.63, 3.8) is 0 Å². The average Bonchev–Trinajstić information content (AvgIpc) is 2.97. The van der Waals surface area contributed by atoms with E-state index in [9.17, 15) is 4.79 Å². The molecule has 4 nitrogen and oxygen atoms in total. The van der Waals surface area contributed by atoms with Crippen LogP contribution < -0.4 is 5.32 Å². The van der Waals surface area contributed by atoms with Crippen LogP contribution in [0.4, 0.5) is 0 Å². The van der Waals surface area contributed by atoms with E-state index in [-0.39, 0.29) is 5.91 Å². The van der Waals surface area contributed by atoms with Crippen molar-refractivity contribution in [2.45, 2.75) is 32.2 Å². The normalized spacial score (nSPS) is 19.9. The first-order valence-electron chi connectivity index (χ1n) is 6.30. The Morgan fingerprint density at radius 1 is 1.59 bits per heavy atom. The lowest BCUT2D eigenvalue weighted by atomic mass is 10.2. The molecule has 0 saturated carbocycles. The maximum Gasteiger partial charge on any atom is 0.289 e. The van der Waals surface area contributed by atoms with Gasteiger partial charge in [-0.05, 0) is 32.0 Å². The first-order valence-corrected chi connectivity index (χ1v) is 6.30. The zero-order chi connectivity index (χ0) is 12.3. The molecule has 1 aromatic heterocycles. The molecule has 0 radical (unpaired) electrons. The molecule has 1 aliphatic rings. The van der Waals surface area contributed by atoms with Gasteiger partial charge in [-0.25, -0.2) is 0 Å².